The molecule has 3 aromatic heterocycles. The first-order valence-electron chi connectivity index (χ1n) is 18.5. The highest BCUT2D eigenvalue weighted by Crippen LogP contribution is 2.39. The number of pyridine rings is 1. The summed E-state index contributed by atoms with van der Waals surface area (Å²) in [6.45, 7) is 0. The molecule has 0 bridgehead atoms. The van der Waals surface area contributed by atoms with Gasteiger partial charge in [-0.3, -0.25) is 0 Å². The predicted molar refractivity (Wildman–Crippen MR) is 227 cm³/mol. The fourth-order valence-electron chi connectivity index (χ4n) is 7.54. The Labute approximate surface area is 319 Å². The third-order valence-electron chi connectivity index (χ3n) is 10.2. The smallest absolute Gasteiger partial charge is 0.160 e. The molecule has 0 atom stereocenters. The third-order valence-corrected chi connectivity index (χ3v) is 10.2. The lowest BCUT2D eigenvalue weighted by Crippen LogP contribution is -1.99. The zero-order valence-corrected chi connectivity index (χ0v) is 29.9. The van der Waals surface area contributed by atoms with Gasteiger partial charge in [-0.15, -0.1) is 0 Å². The van der Waals surface area contributed by atoms with E-state index in [1.54, 1.807) is 0 Å². The van der Waals surface area contributed by atoms with Gasteiger partial charge in [-0.2, -0.15) is 0 Å². The van der Waals surface area contributed by atoms with Gasteiger partial charge in [-0.25, -0.2) is 15.0 Å². The van der Waals surface area contributed by atoms with Gasteiger partial charge in [0, 0.05) is 33.3 Å². The Morgan fingerprint density at radius 1 is 0.327 bits per heavy atom. The summed E-state index contributed by atoms with van der Waals surface area (Å²) >= 11 is 0. The summed E-state index contributed by atoms with van der Waals surface area (Å²) in [4.78, 5) is 15.8. The topological polar surface area (TPSA) is 43.6 Å². The molecule has 0 amide bonds. The Morgan fingerprint density at radius 2 is 0.836 bits per heavy atom. The molecule has 0 N–H and O–H groups in total. The van der Waals surface area contributed by atoms with Crippen molar-refractivity contribution in [1.82, 2.24) is 19.5 Å². The summed E-state index contributed by atoms with van der Waals surface area (Å²) in [6.07, 6.45) is 0. The van der Waals surface area contributed by atoms with E-state index in [2.05, 4.69) is 187 Å². The number of aromatic nitrogens is 4. The molecule has 4 heteroatoms. The summed E-state index contributed by atoms with van der Waals surface area (Å²) < 4.78 is 2.30. The number of benzene rings is 7. The molecule has 0 saturated carbocycles. The minimum absolute atomic E-state index is 0.699. The summed E-state index contributed by atoms with van der Waals surface area (Å²) in [5.74, 6) is 0.699. The lowest BCUT2D eigenvalue weighted by Gasteiger charge is -2.14. The van der Waals surface area contributed by atoms with E-state index >= 15 is 0 Å². The first-order chi connectivity index (χ1) is 27.3. The van der Waals surface area contributed by atoms with Crippen LogP contribution in [0.3, 0.4) is 0 Å². The van der Waals surface area contributed by atoms with Gasteiger partial charge in [0.05, 0.1) is 28.1 Å². The lowest BCUT2D eigenvalue weighted by atomic mass is 9.96. The standard InChI is InChI=1S/C51H34N4/c1-5-17-35(18-6-1)42-33-45(36-19-7-2-8-20-36)52-46(34-42)40-25-15-23-38(31-40)39-24-16-26-41(32-39)48-50-49(54-51(53-48)37-21-9-3-10-22-37)44-29-13-14-30-47(44)55(50)43-27-11-4-12-28-43/h1-34H. The highest BCUT2D eigenvalue weighted by atomic mass is 15.0. The lowest BCUT2D eigenvalue weighted by molar-refractivity contribution is 1.15. The molecule has 0 unspecified atom stereocenters. The van der Waals surface area contributed by atoms with Crippen LogP contribution in [0.25, 0.3) is 95.0 Å². The largest absolute Gasteiger partial charge is 0.306 e. The normalized spacial score (nSPS) is 11.3. The molecule has 0 aliphatic carbocycles. The summed E-state index contributed by atoms with van der Waals surface area (Å²) in [7, 11) is 0. The van der Waals surface area contributed by atoms with Crippen molar-refractivity contribution in [2.24, 2.45) is 0 Å². The maximum absolute atomic E-state index is 5.36. The van der Waals surface area contributed by atoms with Crippen LogP contribution in [-0.4, -0.2) is 19.5 Å². The Bertz CT molecular complexity index is 2900. The third kappa shape index (κ3) is 6.06. The number of fused-ring (bicyclic) bond motifs is 3. The zero-order chi connectivity index (χ0) is 36.6. The molecular formula is C51H34N4. The summed E-state index contributed by atoms with van der Waals surface area (Å²) in [6, 6.07) is 72.0. The number of hydrogen-bond donors (Lipinski definition) is 0. The second-order valence-electron chi connectivity index (χ2n) is 13.7. The molecule has 258 valence electrons. The first-order valence-corrected chi connectivity index (χ1v) is 18.5. The molecule has 0 spiro atoms. The van der Waals surface area contributed by atoms with Gasteiger partial charge in [0.15, 0.2) is 5.82 Å². The maximum Gasteiger partial charge on any atom is 0.160 e. The SMILES string of the molecule is c1ccc(-c2cc(-c3ccccc3)nc(-c3cccc(-c4cccc(-c5nc(-c6ccccc6)nc6c7ccccc7n(-c7ccccc7)c56)c4)c3)c2)cc1. The number of rotatable bonds is 7. The van der Waals surface area contributed by atoms with E-state index in [1.165, 1.54) is 0 Å². The van der Waals surface area contributed by atoms with E-state index in [0.717, 1.165) is 89.2 Å². The van der Waals surface area contributed by atoms with Crippen molar-refractivity contribution in [3.8, 4) is 73.1 Å². The Kier molecular flexibility index (Phi) is 8.12. The highest BCUT2D eigenvalue weighted by Gasteiger charge is 2.21. The van der Waals surface area contributed by atoms with E-state index in [9.17, 15) is 0 Å². The summed E-state index contributed by atoms with van der Waals surface area (Å²) in [5.41, 5.74) is 15.4. The highest BCUT2D eigenvalue weighted by molar-refractivity contribution is 6.11. The molecule has 4 nitrogen and oxygen atoms in total. The van der Waals surface area contributed by atoms with Crippen molar-refractivity contribution in [3.63, 3.8) is 0 Å². The number of para-hydroxylation sites is 2. The van der Waals surface area contributed by atoms with Gasteiger partial charge >= 0.3 is 0 Å². The van der Waals surface area contributed by atoms with Gasteiger partial charge in [0.25, 0.3) is 0 Å². The van der Waals surface area contributed by atoms with Crippen molar-refractivity contribution in [2.75, 3.05) is 0 Å². The van der Waals surface area contributed by atoms with E-state index in [0.29, 0.717) is 5.82 Å². The molecule has 0 saturated heterocycles. The predicted octanol–water partition coefficient (Wildman–Crippen LogP) is 13.0. The second-order valence-corrected chi connectivity index (χ2v) is 13.7. The number of nitrogens with zero attached hydrogens (tertiary/aromatic N) is 4. The molecule has 55 heavy (non-hydrogen) atoms. The molecule has 0 fully saturated rings. The van der Waals surface area contributed by atoms with Crippen molar-refractivity contribution < 1.29 is 0 Å². The van der Waals surface area contributed by atoms with Crippen LogP contribution in [0.2, 0.25) is 0 Å². The molecule has 7 aromatic carbocycles. The average Bonchev–Trinajstić information content (AvgIpc) is 3.61. The van der Waals surface area contributed by atoms with E-state index < -0.39 is 0 Å². The second kappa shape index (κ2) is 13.8. The minimum Gasteiger partial charge on any atom is -0.306 e. The van der Waals surface area contributed by atoms with Crippen LogP contribution in [0.1, 0.15) is 0 Å². The quantitative estimate of drug-likeness (QED) is 0.166. The summed E-state index contributed by atoms with van der Waals surface area (Å²) in [5, 5.41) is 1.09. The molecule has 0 aliphatic heterocycles. The van der Waals surface area contributed by atoms with Crippen molar-refractivity contribution >= 4 is 21.9 Å². The van der Waals surface area contributed by atoms with Gasteiger partial charge in [-0.1, -0.05) is 164 Å². The van der Waals surface area contributed by atoms with Gasteiger partial charge in [-0.05, 0) is 64.7 Å². The number of hydrogen-bond acceptors (Lipinski definition) is 3. The van der Waals surface area contributed by atoms with Gasteiger partial charge in [0.1, 0.15) is 5.52 Å². The average molecular weight is 703 g/mol. The van der Waals surface area contributed by atoms with Gasteiger partial charge in [0.2, 0.25) is 0 Å². The van der Waals surface area contributed by atoms with Crippen LogP contribution in [0.15, 0.2) is 206 Å². The van der Waals surface area contributed by atoms with Crippen LogP contribution in [0.4, 0.5) is 0 Å². The molecule has 10 aromatic rings. The first kappa shape index (κ1) is 32.2. The van der Waals surface area contributed by atoms with Crippen LogP contribution in [0.5, 0.6) is 0 Å². The Morgan fingerprint density at radius 3 is 1.53 bits per heavy atom. The molecular weight excluding hydrogens is 669 g/mol. The monoisotopic (exact) mass is 702 g/mol. The van der Waals surface area contributed by atoms with Crippen molar-refractivity contribution in [3.05, 3.63) is 206 Å². The fourth-order valence-corrected chi connectivity index (χ4v) is 7.54. The molecule has 0 radical (unpaired) electrons. The van der Waals surface area contributed by atoms with Crippen molar-refractivity contribution in [2.45, 2.75) is 0 Å². The Balaban J connectivity index is 1.15. The van der Waals surface area contributed by atoms with Gasteiger partial charge < -0.3 is 4.57 Å². The van der Waals surface area contributed by atoms with Crippen molar-refractivity contribution in [1.29, 1.82) is 0 Å². The van der Waals surface area contributed by atoms with E-state index in [-0.39, 0.29) is 0 Å². The van der Waals surface area contributed by atoms with Crippen LogP contribution in [-0.2, 0) is 0 Å². The molecule has 0 aliphatic rings. The maximum atomic E-state index is 5.36. The minimum atomic E-state index is 0.699. The Hall–Kier alpha value is -7.43. The van der Waals surface area contributed by atoms with E-state index in [4.69, 9.17) is 15.0 Å². The molecule has 10 rings (SSSR count). The van der Waals surface area contributed by atoms with Crippen LogP contribution in [0, 0.1) is 0 Å². The fraction of sp³-hybridized carbons (Fsp3) is 0. The van der Waals surface area contributed by atoms with E-state index in [1.807, 2.05) is 24.3 Å². The molecule has 3 heterocycles. The van der Waals surface area contributed by atoms with Crippen LogP contribution >= 0.6 is 0 Å². The van der Waals surface area contributed by atoms with Crippen LogP contribution < -0.4 is 0 Å². The zero-order valence-electron chi connectivity index (χ0n) is 29.9.